The van der Waals surface area contributed by atoms with Crippen molar-refractivity contribution < 1.29 is 73.8 Å². The molecule has 0 aliphatic carbocycles. The Morgan fingerprint density at radius 3 is 2.37 bits per heavy atom. The Morgan fingerprint density at radius 1 is 0.963 bits per heavy atom. The van der Waals surface area contributed by atoms with E-state index in [9.17, 15) is 45.3 Å². The summed E-state index contributed by atoms with van der Waals surface area (Å²) in [6, 6.07) is -0.912. The molecule has 0 saturated carbocycles. The largest absolute Gasteiger partial charge is 0.481 e. The Kier molecular flexibility index (Phi) is 13.7. The van der Waals surface area contributed by atoms with Crippen molar-refractivity contribution in [3.63, 3.8) is 0 Å². The monoisotopic (exact) mass is 765 g/mol. The highest BCUT2D eigenvalue weighted by Gasteiger charge is 2.62. The highest BCUT2D eigenvalue weighted by molar-refractivity contribution is 5.78. The number of fused-ring (bicyclic) bond motifs is 5. The van der Waals surface area contributed by atoms with Crippen molar-refractivity contribution in [2.24, 2.45) is 17.6 Å². The Bertz CT molecular complexity index is 1500. The van der Waals surface area contributed by atoms with Gasteiger partial charge in [-0.2, -0.15) is 0 Å². The minimum atomic E-state index is -2.62. The van der Waals surface area contributed by atoms with Crippen LogP contribution in [0.25, 0.3) is 0 Å². The van der Waals surface area contributed by atoms with Crippen LogP contribution in [-0.4, -0.2) is 145 Å². The molecule has 16 nitrogen and oxygen atoms in total. The fraction of sp³-hybridized carbons (Fsp3) is 0.684. The first-order chi connectivity index (χ1) is 25.4. The summed E-state index contributed by atoms with van der Waals surface area (Å²) in [6.45, 7) is 9.11. The van der Waals surface area contributed by atoms with E-state index >= 15 is 0 Å². The van der Waals surface area contributed by atoms with Gasteiger partial charge in [-0.25, -0.2) is 4.79 Å². The van der Waals surface area contributed by atoms with E-state index in [4.69, 9.17) is 34.2 Å². The van der Waals surface area contributed by atoms with E-state index in [2.05, 4.69) is 0 Å². The number of carbonyl (C=O) groups excluding carboxylic acids is 1. The average Bonchev–Trinajstić information content (AvgIpc) is 4.04. The molecule has 5 rings (SSSR count). The second-order valence-corrected chi connectivity index (χ2v) is 15.0. The van der Waals surface area contributed by atoms with E-state index in [1.165, 1.54) is 6.08 Å². The lowest BCUT2D eigenvalue weighted by Gasteiger charge is -2.47. The summed E-state index contributed by atoms with van der Waals surface area (Å²) in [5, 5.41) is 75.9. The predicted octanol–water partition coefficient (Wildman–Crippen LogP) is -0.116. The molecule has 1 unspecified atom stereocenters. The summed E-state index contributed by atoms with van der Waals surface area (Å²) in [6.07, 6.45) is -3.39. The van der Waals surface area contributed by atoms with Crippen molar-refractivity contribution in [2.45, 2.75) is 151 Å². The number of carboxylic acids is 1. The number of ether oxygens (including phenoxy) is 6. The number of hydrogen-bond acceptors (Lipinski definition) is 15. The van der Waals surface area contributed by atoms with E-state index in [1.54, 1.807) is 25.2 Å². The molecule has 5 heterocycles. The van der Waals surface area contributed by atoms with Crippen molar-refractivity contribution in [1.29, 1.82) is 0 Å². The quantitative estimate of drug-likeness (QED) is 0.105. The Hall–Kier alpha value is -2.84. The third kappa shape index (κ3) is 9.75. The van der Waals surface area contributed by atoms with Gasteiger partial charge in [-0.3, -0.25) is 4.79 Å². The lowest BCUT2D eigenvalue weighted by atomic mass is 9.81. The molecule has 4 saturated heterocycles. The van der Waals surface area contributed by atoms with E-state index in [-0.39, 0.29) is 18.8 Å². The van der Waals surface area contributed by atoms with Gasteiger partial charge in [-0.05, 0) is 33.3 Å². The number of nitrogens with two attached hydrogens (primary N) is 1. The molecular formula is C38H55NO15. The zero-order chi connectivity index (χ0) is 39.6. The number of rotatable bonds is 4. The van der Waals surface area contributed by atoms with Crippen LogP contribution in [0.3, 0.4) is 0 Å². The SMILES string of the molecule is C/C=C(\C)[C@H]1OC(=O)[C@H]2O[C@@H]2[C@H]2O[C@@H]2C[C@H](O)CC2(O)O[C@@H](C[C@H](O[C@@H]3O[C@@H](C)[C@H](N)[C@@H](O)[C@H]3O)C=CC=CC(C)=CC=C[C@@H]1C)[C@H](C(=O)O)[C@@H](O)[C@@H]2O. The van der Waals surface area contributed by atoms with Gasteiger partial charge in [-0.1, -0.05) is 61.1 Å². The number of allylic oxidation sites excluding steroid dienone is 7. The van der Waals surface area contributed by atoms with Gasteiger partial charge in [0, 0.05) is 25.2 Å². The lowest BCUT2D eigenvalue weighted by Crippen LogP contribution is -2.65. The van der Waals surface area contributed by atoms with Crippen LogP contribution < -0.4 is 5.73 Å². The van der Waals surface area contributed by atoms with Gasteiger partial charge in [0.1, 0.15) is 48.6 Å². The molecule has 4 fully saturated rings. The highest BCUT2D eigenvalue weighted by Crippen LogP contribution is 2.43. The van der Waals surface area contributed by atoms with Crippen LogP contribution in [0.5, 0.6) is 0 Å². The average molecular weight is 766 g/mol. The van der Waals surface area contributed by atoms with Crippen molar-refractivity contribution in [3.05, 3.63) is 59.8 Å². The Morgan fingerprint density at radius 2 is 1.69 bits per heavy atom. The molecule has 0 aromatic heterocycles. The van der Waals surface area contributed by atoms with Gasteiger partial charge in [0.15, 0.2) is 18.2 Å². The molecule has 0 radical (unpaired) electrons. The third-order valence-electron chi connectivity index (χ3n) is 10.8. The Labute approximate surface area is 314 Å². The molecule has 2 bridgehead atoms. The summed E-state index contributed by atoms with van der Waals surface area (Å²) < 4.78 is 34.8. The van der Waals surface area contributed by atoms with E-state index in [0.717, 1.165) is 11.1 Å². The van der Waals surface area contributed by atoms with E-state index in [0.29, 0.717) is 0 Å². The minimum Gasteiger partial charge on any atom is -0.481 e. The number of aliphatic hydroxyl groups excluding tert-OH is 5. The summed E-state index contributed by atoms with van der Waals surface area (Å²) in [7, 11) is 0. The van der Waals surface area contributed by atoms with Gasteiger partial charge in [-0.15, -0.1) is 0 Å². The summed E-state index contributed by atoms with van der Waals surface area (Å²) >= 11 is 0. The van der Waals surface area contributed by atoms with Crippen LogP contribution in [0.15, 0.2) is 59.8 Å². The number of aliphatic hydroxyl groups is 6. The molecule has 0 spiro atoms. The van der Waals surface area contributed by atoms with Crippen molar-refractivity contribution in [1.82, 2.24) is 0 Å². The van der Waals surface area contributed by atoms with Crippen LogP contribution in [0.2, 0.25) is 0 Å². The van der Waals surface area contributed by atoms with Crippen LogP contribution in [-0.2, 0) is 38.0 Å². The van der Waals surface area contributed by atoms with Crippen LogP contribution in [0.1, 0.15) is 53.9 Å². The van der Waals surface area contributed by atoms with E-state index < -0.39 is 122 Å². The van der Waals surface area contributed by atoms with Crippen LogP contribution >= 0.6 is 0 Å². The molecule has 5 aliphatic heterocycles. The molecule has 0 amide bonds. The van der Waals surface area contributed by atoms with Crippen LogP contribution in [0.4, 0.5) is 0 Å². The second-order valence-electron chi connectivity index (χ2n) is 15.0. The number of carbonyl (C=O) groups is 2. The molecular weight excluding hydrogens is 710 g/mol. The van der Waals surface area contributed by atoms with Crippen molar-refractivity contribution in [2.75, 3.05) is 0 Å². The maximum Gasteiger partial charge on any atom is 0.338 e. The highest BCUT2D eigenvalue weighted by atomic mass is 16.7. The Balaban J connectivity index is 1.44. The van der Waals surface area contributed by atoms with Crippen molar-refractivity contribution >= 4 is 11.9 Å². The molecule has 16 heteroatoms. The van der Waals surface area contributed by atoms with Gasteiger partial charge in [0.05, 0.1) is 36.6 Å². The standard InChI is InChI=1S/C38H55NO15/c1-6-18(3)30-19(4)12-9-11-17(2)10-7-8-13-22(50-37-29(43)28(42)26(39)20(5)49-37)15-23-25(35(45)46)27(41)34(44)38(48,54-23)16-21(40)14-24-31(51-24)32-33(52-32)36(47)53-30/h6-13,19-34,37,40-44,48H,14-16,39H2,1-5H3,(H,45,46)/b10-7?,12-9?,13-8?,17-11?,18-6+/t19-,20-,21-,22+,23-,24+,25-,26-,27+,28+,29+,30+,31-,32+,33-,34-,37-,38?/m0/s1. The first-order valence-electron chi connectivity index (χ1n) is 18.4. The van der Waals surface area contributed by atoms with Gasteiger partial charge in [0.2, 0.25) is 0 Å². The lowest BCUT2D eigenvalue weighted by molar-refractivity contribution is -0.347. The number of carboxylic acid groups (broad SMARTS) is 1. The normalized spacial score (nSPS) is 46.7. The maximum atomic E-state index is 13.1. The van der Waals surface area contributed by atoms with Gasteiger partial charge in [0.25, 0.3) is 0 Å². The molecule has 9 N–H and O–H groups in total. The number of cyclic esters (lactones) is 1. The molecule has 18 atom stereocenters. The fourth-order valence-electron chi connectivity index (χ4n) is 7.29. The van der Waals surface area contributed by atoms with Gasteiger partial charge < -0.3 is 69.9 Å². The molecule has 0 aromatic carbocycles. The summed E-state index contributed by atoms with van der Waals surface area (Å²) in [4.78, 5) is 25.5. The molecule has 5 aliphatic rings. The summed E-state index contributed by atoms with van der Waals surface area (Å²) in [5.41, 5.74) is 7.63. The molecule has 0 aromatic rings. The first kappa shape index (κ1) is 42.3. The number of hydrogen-bond donors (Lipinski definition) is 8. The first-order valence-corrected chi connectivity index (χ1v) is 18.4. The zero-order valence-corrected chi connectivity index (χ0v) is 31.0. The number of aliphatic carboxylic acids is 1. The minimum absolute atomic E-state index is 0.0662. The topological polar surface area (TPSA) is 264 Å². The zero-order valence-electron chi connectivity index (χ0n) is 31.0. The molecule has 302 valence electrons. The predicted molar refractivity (Wildman–Crippen MR) is 189 cm³/mol. The summed E-state index contributed by atoms with van der Waals surface area (Å²) in [5.74, 6) is -6.64. The van der Waals surface area contributed by atoms with Crippen molar-refractivity contribution in [3.8, 4) is 0 Å². The molecule has 54 heavy (non-hydrogen) atoms. The second kappa shape index (κ2) is 17.5. The van der Waals surface area contributed by atoms with Gasteiger partial charge >= 0.3 is 11.9 Å². The third-order valence-corrected chi connectivity index (χ3v) is 10.8. The maximum absolute atomic E-state index is 13.1. The smallest absolute Gasteiger partial charge is 0.338 e. The number of epoxide rings is 2. The number of esters is 1. The fourth-order valence-corrected chi connectivity index (χ4v) is 7.29. The van der Waals surface area contributed by atoms with E-state index in [1.807, 2.05) is 52.0 Å². The van der Waals surface area contributed by atoms with Crippen LogP contribution in [0, 0.1) is 11.8 Å².